The molecule has 2 aromatic carbocycles. The van der Waals surface area contributed by atoms with Crippen molar-refractivity contribution in [2.24, 2.45) is 10.1 Å². The van der Waals surface area contributed by atoms with Crippen molar-refractivity contribution in [2.45, 2.75) is 0 Å². The monoisotopic (exact) mass is 417 g/mol. The molecular weight excluding hydrogens is 398 g/mol. The number of hydrogen-bond donors (Lipinski definition) is 0. The van der Waals surface area contributed by atoms with E-state index in [4.69, 9.17) is 25.8 Å². The largest absolute Gasteiger partial charge is 0.493 e. The maximum atomic E-state index is 6.01. The van der Waals surface area contributed by atoms with E-state index in [2.05, 4.69) is 10.1 Å². The van der Waals surface area contributed by atoms with Gasteiger partial charge in [0, 0.05) is 28.6 Å². The number of hydrogen-bond acceptors (Lipinski definition) is 6. The fraction of sp³-hybridized carbons (Fsp3) is 0.200. The van der Waals surface area contributed by atoms with Gasteiger partial charge in [-0.1, -0.05) is 23.7 Å². The molecule has 0 aliphatic carbocycles. The van der Waals surface area contributed by atoms with Gasteiger partial charge in [0.2, 0.25) is 10.6 Å². The van der Waals surface area contributed by atoms with Gasteiger partial charge in [0.1, 0.15) is 0 Å². The van der Waals surface area contributed by atoms with Crippen molar-refractivity contribution in [1.29, 1.82) is 0 Å². The molecule has 0 atom stereocenters. The first-order valence-corrected chi connectivity index (χ1v) is 9.61. The Bertz CT molecular complexity index is 1060. The Hall–Kier alpha value is -2.77. The summed E-state index contributed by atoms with van der Waals surface area (Å²) in [5.74, 6) is 1.65. The third-order valence-electron chi connectivity index (χ3n) is 4.06. The lowest BCUT2D eigenvalue weighted by Gasteiger charge is -2.13. The highest BCUT2D eigenvalue weighted by Gasteiger charge is 2.15. The van der Waals surface area contributed by atoms with Crippen LogP contribution in [-0.4, -0.2) is 39.3 Å². The van der Waals surface area contributed by atoms with Crippen LogP contribution in [0.4, 0.5) is 0 Å². The maximum Gasteiger partial charge on any atom is 0.205 e. The summed E-state index contributed by atoms with van der Waals surface area (Å²) < 4.78 is 18.1. The molecule has 0 radical (unpaired) electrons. The van der Waals surface area contributed by atoms with Crippen LogP contribution in [-0.2, 0) is 0 Å². The SMILES string of the molecule is CN=c1scc(-c2ccc(Cl)cc2)n1N=Cc1ccc(OC)c(OC)c1OC. The van der Waals surface area contributed by atoms with E-state index in [1.54, 1.807) is 39.3 Å². The maximum absolute atomic E-state index is 6.01. The molecule has 1 aromatic heterocycles. The van der Waals surface area contributed by atoms with Gasteiger partial charge >= 0.3 is 0 Å². The fourth-order valence-electron chi connectivity index (χ4n) is 2.73. The summed E-state index contributed by atoms with van der Waals surface area (Å²) >= 11 is 7.52. The predicted octanol–water partition coefficient (Wildman–Crippen LogP) is 4.31. The van der Waals surface area contributed by atoms with Crippen molar-refractivity contribution >= 4 is 29.2 Å². The molecular formula is C20H20ClN3O3S. The van der Waals surface area contributed by atoms with Crippen molar-refractivity contribution in [3.05, 3.63) is 57.2 Å². The normalized spacial score (nSPS) is 11.8. The third kappa shape index (κ3) is 3.90. The Morgan fingerprint density at radius 3 is 2.29 bits per heavy atom. The van der Waals surface area contributed by atoms with Crippen molar-refractivity contribution in [2.75, 3.05) is 28.4 Å². The third-order valence-corrected chi connectivity index (χ3v) is 5.22. The van der Waals surface area contributed by atoms with Crippen molar-refractivity contribution in [1.82, 2.24) is 4.68 Å². The van der Waals surface area contributed by atoms with Gasteiger partial charge in [0.25, 0.3) is 0 Å². The summed E-state index contributed by atoms with van der Waals surface area (Å²) in [5.41, 5.74) is 2.66. The molecule has 8 heteroatoms. The van der Waals surface area contributed by atoms with Gasteiger partial charge in [-0.3, -0.25) is 4.99 Å². The minimum Gasteiger partial charge on any atom is -0.493 e. The van der Waals surface area contributed by atoms with Crippen LogP contribution in [0, 0.1) is 0 Å². The second-order valence-electron chi connectivity index (χ2n) is 5.61. The smallest absolute Gasteiger partial charge is 0.205 e. The molecule has 0 N–H and O–H groups in total. The molecule has 146 valence electrons. The van der Waals surface area contributed by atoms with Gasteiger partial charge in [-0.05, 0) is 24.3 Å². The van der Waals surface area contributed by atoms with E-state index in [1.807, 2.05) is 41.8 Å². The number of aromatic nitrogens is 1. The number of ether oxygens (including phenoxy) is 3. The van der Waals surface area contributed by atoms with E-state index in [-0.39, 0.29) is 0 Å². The van der Waals surface area contributed by atoms with Gasteiger partial charge in [0.05, 0.1) is 33.2 Å². The molecule has 3 aromatic rings. The first kappa shape index (κ1) is 20.0. The van der Waals surface area contributed by atoms with Crippen LogP contribution in [0.15, 0.2) is 51.9 Å². The van der Waals surface area contributed by atoms with E-state index in [1.165, 1.54) is 11.3 Å². The molecule has 0 spiro atoms. The van der Waals surface area contributed by atoms with Crippen molar-refractivity contribution in [3.63, 3.8) is 0 Å². The Labute approximate surface area is 172 Å². The van der Waals surface area contributed by atoms with Crippen LogP contribution in [0.25, 0.3) is 11.3 Å². The van der Waals surface area contributed by atoms with E-state index >= 15 is 0 Å². The van der Waals surface area contributed by atoms with Crippen LogP contribution in [0.3, 0.4) is 0 Å². The van der Waals surface area contributed by atoms with E-state index < -0.39 is 0 Å². The molecule has 28 heavy (non-hydrogen) atoms. The lowest BCUT2D eigenvalue weighted by molar-refractivity contribution is 0.324. The highest BCUT2D eigenvalue weighted by molar-refractivity contribution is 7.07. The summed E-state index contributed by atoms with van der Waals surface area (Å²) in [6.45, 7) is 0. The summed E-state index contributed by atoms with van der Waals surface area (Å²) in [6.07, 6.45) is 1.71. The molecule has 6 nitrogen and oxygen atoms in total. The number of methoxy groups -OCH3 is 3. The van der Waals surface area contributed by atoms with Crippen LogP contribution in [0.2, 0.25) is 5.02 Å². The highest BCUT2D eigenvalue weighted by atomic mass is 35.5. The standard InChI is InChI=1S/C20H20ClN3O3S/c1-22-20-24(16(12-28-20)13-5-8-15(21)9-6-13)23-11-14-7-10-17(25-2)19(27-4)18(14)26-3/h5-12H,1-4H3. The summed E-state index contributed by atoms with van der Waals surface area (Å²) in [5, 5.41) is 7.34. The minimum absolute atomic E-state index is 0.516. The zero-order valence-corrected chi connectivity index (χ0v) is 17.5. The number of benzene rings is 2. The molecule has 3 rings (SSSR count). The zero-order chi connectivity index (χ0) is 20.1. The first-order valence-electron chi connectivity index (χ1n) is 8.35. The van der Waals surface area contributed by atoms with Crippen LogP contribution < -0.4 is 19.0 Å². The van der Waals surface area contributed by atoms with Gasteiger partial charge < -0.3 is 14.2 Å². The molecule has 0 amide bonds. The minimum atomic E-state index is 0.516. The van der Waals surface area contributed by atoms with E-state index in [9.17, 15) is 0 Å². The second-order valence-corrected chi connectivity index (χ2v) is 6.89. The summed E-state index contributed by atoms with van der Waals surface area (Å²) in [7, 11) is 6.47. The van der Waals surface area contributed by atoms with E-state index in [0.717, 1.165) is 21.6 Å². The van der Waals surface area contributed by atoms with Crippen molar-refractivity contribution < 1.29 is 14.2 Å². The Morgan fingerprint density at radius 2 is 1.68 bits per heavy atom. The molecule has 1 heterocycles. The number of thiazole rings is 1. The quantitative estimate of drug-likeness (QED) is 0.561. The Kier molecular flexibility index (Phi) is 6.38. The second kappa shape index (κ2) is 8.95. The van der Waals surface area contributed by atoms with Crippen molar-refractivity contribution in [3.8, 4) is 28.5 Å². The lowest BCUT2D eigenvalue weighted by Crippen LogP contribution is -2.11. The average Bonchev–Trinajstić information content (AvgIpc) is 3.14. The predicted molar refractivity (Wildman–Crippen MR) is 113 cm³/mol. The van der Waals surface area contributed by atoms with Crippen LogP contribution in [0.5, 0.6) is 17.2 Å². The average molecular weight is 418 g/mol. The lowest BCUT2D eigenvalue weighted by atomic mass is 10.2. The summed E-state index contributed by atoms with van der Waals surface area (Å²) in [6, 6.07) is 11.3. The zero-order valence-electron chi connectivity index (χ0n) is 16.0. The fourth-order valence-corrected chi connectivity index (χ4v) is 3.66. The number of rotatable bonds is 6. The molecule has 0 bridgehead atoms. The molecule has 0 saturated carbocycles. The topological polar surface area (TPSA) is 57.3 Å². The van der Waals surface area contributed by atoms with Gasteiger partial charge in [-0.15, -0.1) is 11.3 Å². The van der Waals surface area contributed by atoms with Gasteiger partial charge in [0.15, 0.2) is 11.5 Å². The number of halogens is 1. The van der Waals surface area contributed by atoms with Crippen LogP contribution >= 0.6 is 22.9 Å². The first-order chi connectivity index (χ1) is 13.6. The molecule has 0 fully saturated rings. The molecule has 0 aliphatic heterocycles. The van der Waals surface area contributed by atoms with E-state index in [0.29, 0.717) is 22.3 Å². The van der Waals surface area contributed by atoms with Gasteiger partial charge in [-0.2, -0.15) is 5.10 Å². The van der Waals surface area contributed by atoms with Crippen LogP contribution in [0.1, 0.15) is 5.56 Å². The Balaban J connectivity index is 2.08. The molecule has 0 unspecified atom stereocenters. The highest BCUT2D eigenvalue weighted by Crippen LogP contribution is 2.39. The van der Waals surface area contributed by atoms with Gasteiger partial charge in [-0.25, -0.2) is 4.68 Å². The summed E-state index contributed by atoms with van der Waals surface area (Å²) in [4.78, 5) is 5.08. The number of nitrogens with zero attached hydrogens (tertiary/aromatic N) is 3. The Morgan fingerprint density at radius 1 is 0.964 bits per heavy atom. The molecule has 0 aliphatic rings. The molecule has 0 saturated heterocycles.